The van der Waals surface area contributed by atoms with E-state index in [1.54, 1.807) is 7.11 Å². The van der Waals surface area contributed by atoms with Crippen LogP contribution in [0.15, 0.2) is 0 Å². The number of imide groups is 1. The Morgan fingerprint density at radius 1 is 1.38 bits per heavy atom. The number of hydrogen-bond acceptors (Lipinski definition) is 4. The second-order valence-corrected chi connectivity index (χ2v) is 5.62. The van der Waals surface area contributed by atoms with E-state index >= 15 is 0 Å². The Bertz CT molecular complexity index is 418. The normalized spacial score (nSPS) is 20.1. The van der Waals surface area contributed by atoms with Crippen molar-refractivity contribution in [1.82, 2.24) is 15.5 Å². The van der Waals surface area contributed by atoms with Crippen LogP contribution in [0, 0.1) is 0 Å². The predicted molar refractivity (Wildman–Crippen MR) is 75.6 cm³/mol. The van der Waals surface area contributed by atoms with Gasteiger partial charge in [0.05, 0.1) is 6.61 Å². The maximum Gasteiger partial charge on any atom is 0.325 e. The molecule has 7 heteroatoms. The lowest BCUT2D eigenvalue weighted by molar-refractivity contribution is -0.131. The maximum absolute atomic E-state index is 12.4. The van der Waals surface area contributed by atoms with Crippen LogP contribution >= 0.6 is 0 Å². The molecule has 0 unspecified atom stereocenters. The van der Waals surface area contributed by atoms with Gasteiger partial charge in [-0.15, -0.1) is 0 Å². The minimum Gasteiger partial charge on any atom is -0.383 e. The van der Waals surface area contributed by atoms with Gasteiger partial charge in [0, 0.05) is 26.6 Å². The minimum atomic E-state index is -0.655. The zero-order chi connectivity index (χ0) is 15.3. The van der Waals surface area contributed by atoms with Crippen molar-refractivity contribution in [2.45, 2.75) is 44.1 Å². The number of nitrogens with one attached hydrogen (secondary N) is 2. The lowest BCUT2D eigenvalue weighted by Gasteiger charge is -2.19. The fourth-order valence-corrected chi connectivity index (χ4v) is 2.98. The number of carbonyl (C=O) groups is 3. The molecule has 4 amide bonds. The van der Waals surface area contributed by atoms with E-state index in [0.717, 1.165) is 25.7 Å². The van der Waals surface area contributed by atoms with Gasteiger partial charge in [0.25, 0.3) is 5.91 Å². The summed E-state index contributed by atoms with van der Waals surface area (Å²) in [6.07, 6.45) is 4.18. The molecule has 2 rings (SSSR count). The van der Waals surface area contributed by atoms with Crippen LogP contribution in [0.4, 0.5) is 4.79 Å². The maximum atomic E-state index is 12.4. The Morgan fingerprint density at radius 3 is 2.76 bits per heavy atom. The molecule has 2 aliphatic rings. The van der Waals surface area contributed by atoms with Crippen molar-refractivity contribution in [2.75, 3.05) is 26.8 Å². The fraction of sp³-hybridized carbons (Fsp3) is 0.786. The van der Waals surface area contributed by atoms with E-state index in [0.29, 0.717) is 32.5 Å². The summed E-state index contributed by atoms with van der Waals surface area (Å²) in [6, 6.07) is -0.318. The highest BCUT2D eigenvalue weighted by Crippen LogP contribution is 2.35. The molecule has 0 bridgehead atoms. The summed E-state index contributed by atoms with van der Waals surface area (Å²) in [4.78, 5) is 37.1. The molecule has 1 saturated heterocycles. The highest BCUT2D eigenvalue weighted by Gasteiger charge is 2.51. The third-order valence-electron chi connectivity index (χ3n) is 4.12. The van der Waals surface area contributed by atoms with Gasteiger partial charge in [-0.05, 0) is 19.3 Å². The predicted octanol–water partition coefficient (Wildman–Crippen LogP) is 0.394. The van der Waals surface area contributed by atoms with Gasteiger partial charge in [-0.1, -0.05) is 12.8 Å². The van der Waals surface area contributed by atoms with Crippen LogP contribution in [0.2, 0.25) is 0 Å². The van der Waals surface area contributed by atoms with E-state index in [9.17, 15) is 14.4 Å². The zero-order valence-corrected chi connectivity index (χ0v) is 12.4. The van der Waals surface area contributed by atoms with Gasteiger partial charge in [0.2, 0.25) is 5.91 Å². The number of nitrogens with zero attached hydrogens (tertiary/aromatic N) is 1. The quantitative estimate of drug-likeness (QED) is 0.526. The number of amides is 4. The molecule has 2 fully saturated rings. The molecule has 0 aromatic carbocycles. The van der Waals surface area contributed by atoms with Crippen LogP contribution in [0.3, 0.4) is 0 Å². The van der Waals surface area contributed by atoms with Gasteiger partial charge in [0.15, 0.2) is 0 Å². The number of carbonyl (C=O) groups excluding carboxylic acids is 3. The standard InChI is InChI=1S/C14H23N3O4/c1-21-10-8-15-11(18)5-4-9-17-12(19)14(16-13(17)20)6-2-3-7-14/h2-10H2,1H3,(H,15,18)(H,16,20). The minimum absolute atomic E-state index is 0.0883. The summed E-state index contributed by atoms with van der Waals surface area (Å²) >= 11 is 0. The average molecular weight is 297 g/mol. The molecule has 0 atom stereocenters. The molecule has 0 radical (unpaired) electrons. The number of rotatable bonds is 7. The molecule has 118 valence electrons. The van der Waals surface area contributed by atoms with E-state index < -0.39 is 5.54 Å². The van der Waals surface area contributed by atoms with Crippen molar-refractivity contribution in [1.29, 1.82) is 0 Å². The van der Waals surface area contributed by atoms with E-state index in [4.69, 9.17) is 4.74 Å². The smallest absolute Gasteiger partial charge is 0.325 e. The van der Waals surface area contributed by atoms with Crippen molar-refractivity contribution in [3.8, 4) is 0 Å². The van der Waals surface area contributed by atoms with Gasteiger partial charge in [-0.3, -0.25) is 14.5 Å². The summed E-state index contributed by atoms with van der Waals surface area (Å²) in [5.41, 5.74) is -0.655. The average Bonchev–Trinajstić information content (AvgIpc) is 3.00. The van der Waals surface area contributed by atoms with Crippen LogP contribution < -0.4 is 10.6 Å². The Hall–Kier alpha value is -1.63. The Balaban J connectivity index is 1.74. The van der Waals surface area contributed by atoms with Crippen molar-refractivity contribution < 1.29 is 19.1 Å². The Morgan fingerprint density at radius 2 is 2.10 bits per heavy atom. The molecule has 21 heavy (non-hydrogen) atoms. The first kappa shape index (κ1) is 15.8. The highest BCUT2D eigenvalue weighted by atomic mass is 16.5. The van der Waals surface area contributed by atoms with Crippen molar-refractivity contribution in [3.63, 3.8) is 0 Å². The van der Waals surface area contributed by atoms with Crippen molar-refractivity contribution in [3.05, 3.63) is 0 Å². The van der Waals surface area contributed by atoms with Crippen molar-refractivity contribution >= 4 is 17.8 Å². The second kappa shape index (κ2) is 6.89. The molecule has 0 aromatic rings. The molecule has 2 N–H and O–H groups in total. The van der Waals surface area contributed by atoms with Crippen LogP contribution in [-0.4, -0.2) is 55.1 Å². The first-order valence-corrected chi connectivity index (χ1v) is 7.49. The zero-order valence-electron chi connectivity index (χ0n) is 12.4. The number of methoxy groups -OCH3 is 1. The molecule has 1 aliphatic carbocycles. The topological polar surface area (TPSA) is 87.7 Å². The molecule has 1 heterocycles. The lowest BCUT2D eigenvalue weighted by atomic mass is 9.98. The molecular formula is C14H23N3O4. The summed E-state index contributed by atoms with van der Waals surface area (Å²) in [6.45, 7) is 1.24. The first-order valence-electron chi connectivity index (χ1n) is 7.49. The van der Waals surface area contributed by atoms with Gasteiger partial charge >= 0.3 is 6.03 Å². The SMILES string of the molecule is COCCNC(=O)CCCN1C(=O)NC2(CCCC2)C1=O. The van der Waals surface area contributed by atoms with E-state index in [-0.39, 0.29) is 17.8 Å². The monoisotopic (exact) mass is 297 g/mol. The summed E-state index contributed by atoms with van der Waals surface area (Å²) in [5.74, 6) is -0.209. The third-order valence-corrected chi connectivity index (χ3v) is 4.12. The second-order valence-electron chi connectivity index (χ2n) is 5.62. The summed E-state index contributed by atoms with van der Waals surface area (Å²) in [5, 5.41) is 5.54. The van der Waals surface area contributed by atoms with E-state index in [2.05, 4.69) is 10.6 Å². The first-order chi connectivity index (χ1) is 10.1. The van der Waals surface area contributed by atoms with E-state index in [1.165, 1.54) is 4.90 Å². The molecule has 1 saturated carbocycles. The van der Waals surface area contributed by atoms with Gasteiger partial charge in [-0.25, -0.2) is 4.79 Å². The fourth-order valence-electron chi connectivity index (χ4n) is 2.98. The highest BCUT2D eigenvalue weighted by molar-refractivity contribution is 6.07. The van der Waals surface area contributed by atoms with Gasteiger partial charge in [-0.2, -0.15) is 0 Å². The molecule has 1 spiro atoms. The molecule has 1 aliphatic heterocycles. The number of urea groups is 1. The van der Waals surface area contributed by atoms with Crippen LogP contribution in [0.5, 0.6) is 0 Å². The summed E-state index contributed by atoms with van der Waals surface area (Å²) < 4.78 is 4.84. The molecular weight excluding hydrogens is 274 g/mol. The lowest BCUT2D eigenvalue weighted by Crippen LogP contribution is -2.44. The third kappa shape index (κ3) is 3.53. The van der Waals surface area contributed by atoms with Crippen LogP contribution in [-0.2, 0) is 14.3 Å². The number of hydrogen-bond donors (Lipinski definition) is 2. The Labute approximate surface area is 124 Å². The summed E-state index contributed by atoms with van der Waals surface area (Å²) in [7, 11) is 1.57. The molecule has 0 aromatic heterocycles. The van der Waals surface area contributed by atoms with Crippen LogP contribution in [0.1, 0.15) is 38.5 Å². The van der Waals surface area contributed by atoms with Crippen molar-refractivity contribution in [2.24, 2.45) is 0 Å². The van der Waals surface area contributed by atoms with Gasteiger partial charge < -0.3 is 15.4 Å². The number of ether oxygens (including phenoxy) is 1. The largest absolute Gasteiger partial charge is 0.383 e. The van der Waals surface area contributed by atoms with E-state index in [1.807, 2.05) is 0 Å². The van der Waals surface area contributed by atoms with Crippen LogP contribution in [0.25, 0.3) is 0 Å². The Kier molecular flexibility index (Phi) is 5.17. The molecule has 7 nitrogen and oxygen atoms in total. The van der Waals surface area contributed by atoms with Gasteiger partial charge in [0.1, 0.15) is 5.54 Å².